The summed E-state index contributed by atoms with van der Waals surface area (Å²) in [5.41, 5.74) is 2.07. The van der Waals surface area contributed by atoms with E-state index in [0.717, 1.165) is 24.1 Å². The number of rotatable bonds is 7. The third kappa shape index (κ3) is 8.58. The Morgan fingerprint density at radius 1 is 1.02 bits per heavy atom. The van der Waals surface area contributed by atoms with Crippen molar-refractivity contribution in [1.82, 2.24) is 25.8 Å². The number of carbonyl (C=O) groups excluding carboxylic acids is 5. The highest BCUT2D eigenvalue weighted by atomic mass is 16.5. The van der Waals surface area contributed by atoms with Gasteiger partial charge in [0.05, 0.1) is 12.1 Å². The number of likely N-dealkylation sites (N-methyl/N-ethyl adjacent to an activating group) is 1. The molecule has 44 heavy (non-hydrogen) atoms. The van der Waals surface area contributed by atoms with Crippen LogP contribution in [-0.4, -0.2) is 78.2 Å². The second-order valence-electron chi connectivity index (χ2n) is 11.6. The zero-order valence-electron chi connectivity index (χ0n) is 25.8. The lowest BCUT2D eigenvalue weighted by atomic mass is 9.97. The van der Waals surface area contributed by atoms with Crippen molar-refractivity contribution in [3.63, 3.8) is 0 Å². The van der Waals surface area contributed by atoms with E-state index >= 15 is 0 Å². The second-order valence-corrected chi connectivity index (χ2v) is 11.6. The van der Waals surface area contributed by atoms with Gasteiger partial charge in [0.25, 0.3) is 5.91 Å². The first-order chi connectivity index (χ1) is 21.2. The Hall–Kier alpha value is -4.41. The van der Waals surface area contributed by atoms with Gasteiger partial charge in [0.2, 0.25) is 23.6 Å². The molecule has 2 aromatic carbocycles. The second kappa shape index (κ2) is 15.4. The summed E-state index contributed by atoms with van der Waals surface area (Å²) in [6.07, 6.45) is 2.08. The van der Waals surface area contributed by atoms with E-state index in [0.29, 0.717) is 25.1 Å². The Morgan fingerprint density at radius 3 is 2.55 bits per heavy atom. The van der Waals surface area contributed by atoms with Crippen LogP contribution in [0.25, 0.3) is 0 Å². The Kier molecular flexibility index (Phi) is 11.3. The van der Waals surface area contributed by atoms with Crippen molar-refractivity contribution in [1.29, 1.82) is 0 Å². The van der Waals surface area contributed by atoms with Gasteiger partial charge in [-0.2, -0.15) is 0 Å². The average Bonchev–Trinajstić information content (AvgIpc) is 3.43. The van der Waals surface area contributed by atoms with E-state index in [9.17, 15) is 24.0 Å². The van der Waals surface area contributed by atoms with Crippen molar-refractivity contribution in [2.75, 3.05) is 26.7 Å². The molecule has 1 saturated heterocycles. The molecule has 2 heterocycles. The van der Waals surface area contributed by atoms with Crippen molar-refractivity contribution < 1.29 is 28.7 Å². The standard InChI is InChI=1S/C33H43N5O6/c1-4-22(2)30-33(43)37(3)17-18-44-27-12-6-5-11-25(27)31(41)35-26(14-15-28(39)36-30)32(42)34-20-23-9-7-10-24(19-23)21-38-16-8-13-29(38)40/h5-7,9-12,19,22,26,30H,4,8,13-18,20-21H2,1-3H3,(H,34,42)(H,35,41)(H,36,39)/t22-,26-,30-/m0/s1. The van der Waals surface area contributed by atoms with Gasteiger partial charge in [-0.15, -0.1) is 0 Å². The van der Waals surface area contributed by atoms with Crippen LogP contribution in [0.2, 0.25) is 0 Å². The molecule has 2 aromatic rings. The summed E-state index contributed by atoms with van der Waals surface area (Å²) in [7, 11) is 1.66. The Morgan fingerprint density at radius 2 is 1.80 bits per heavy atom. The van der Waals surface area contributed by atoms with Gasteiger partial charge in [0, 0.05) is 39.5 Å². The van der Waals surface area contributed by atoms with Gasteiger partial charge in [-0.1, -0.05) is 56.7 Å². The molecule has 3 N–H and O–H groups in total. The molecule has 236 valence electrons. The number of hydrogen-bond donors (Lipinski definition) is 3. The molecule has 5 amide bonds. The molecule has 0 aromatic heterocycles. The Balaban J connectivity index is 1.50. The fourth-order valence-electron chi connectivity index (χ4n) is 5.37. The number of ether oxygens (including phenoxy) is 1. The summed E-state index contributed by atoms with van der Waals surface area (Å²) in [6.45, 7) is 5.73. The number of amides is 5. The summed E-state index contributed by atoms with van der Waals surface area (Å²) in [5.74, 6) is -1.17. The minimum atomic E-state index is -1.02. The van der Waals surface area contributed by atoms with Crippen LogP contribution in [0.1, 0.15) is 67.4 Å². The predicted molar refractivity (Wildman–Crippen MR) is 164 cm³/mol. The van der Waals surface area contributed by atoms with Crippen LogP contribution in [0.3, 0.4) is 0 Å². The molecule has 0 aliphatic carbocycles. The molecule has 0 saturated carbocycles. The van der Waals surface area contributed by atoms with Crippen molar-refractivity contribution in [3.8, 4) is 5.75 Å². The van der Waals surface area contributed by atoms with Crippen LogP contribution in [0.5, 0.6) is 5.75 Å². The molecule has 0 spiro atoms. The molecule has 2 aliphatic heterocycles. The molecule has 11 nitrogen and oxygen atoms in total. The lowest BCUT2D eigenvalue weighted by Gasteiger charge is -2.28. The number of benzene rings is 2. The number of para-hydroxylation sites is 1. The van der Waals surface area contributed by atoms with Crippen LogP contribution in [0, 0.1) is 5.92 Å². The highest BCUT2D eigenvalue weighted by molar-refractivity contribution is 5.99. The Labute approximate surface area is 258 Å². The molecule has 2 aliphatic rings. The zero-order chi connectivity index (χ0) is 31.6. The van der Waals surface area contributed by atoms with Crippen molar-refractivity contribution in [2.45, 2.75) is 71.1 Å². The largest absolute Gasteiger partial charge is 0.491 e. The van der Waals surface area contributed by atoms with E-state index < -0.39 is 23.9 Å². The maximum absolute atomic E-state index is 13.4. The van der Waals surface area contributed by atoms with Crippen LogP contribution < -0.4 is 20.7 Å². The maximum atomic E-state index is 13.4. The van der Waals surface area contributed by atoms with E-state index in [1.807, 2.05) is 43.0 Å². The minimum Gasteiger partial charge on any atom is -0.491 e. The number of carbonyl (C=O) groups is 5. The molecular weight excluding hydrogens is 562 g/mol. The van der Waals surface area contributed by atoms with Crippen molar-refractivity contribution in [3.05, 3.63) is 65.2 Å². The average molecular weight is 606 g/mol. The number of hydrogen-bond acceptors (Lipinski definition) is 6. The molecule has 0 bridgehead atoms. The van der Waals surface area contributed by atoms with Gasteiger partial charge in [0.15, 0.2) is 0 Å². The van der Waals surface area contributed by atoms with E-state index in [1.54, 1.807) is 31.3 Å². The summed E-state index contributed by atoms with van der Waals surface area (Å²) >= 11 is 0. The van der Waals surface area contributed by atoms with Gasteiger partial charge >= 0.3 is 0 Å². The fourth-order valence-corrected chi connectivity index (χ4v) is 5.37. The first-order valence-corrected chi connectivity index (χ1v) is 15.4. The number of fused-ring (bicyclic) bond motifs is 1. The lowest BCUT2D eigenvalue weighted by molar-refractivity contribution is -0.137. The monoisotopic (exact) mass is 605 g/mol. The summed E-state index contributed by atoms with van der Waals surface area (Å²) in [4.78, 5) is 68.5. The quantitative estimate of drug-likeness (QED) is 0.443. The topological polar surface area (TPSA) is 137 Å². The molecule has 0 unspecified atom stereocenters. The number of likely N-dealkylation sites (tertiary alicyclic amines) is 1. The minimum absolute atomic E-state index is 0.0286. The maximum Gasteiger partial charge on any atom is 0.255 e. The van der Waals surface area contributed by atoms with Crippen molar-refractivity contribution >= 4 is 29.5 Å². The predicted octanol–water partition coefficient (Wildman–Crippen LogP) is 2.39. The molecule has 3 atom stereocenters. The summed E-state index contributed by atoms with van der Waals surface area (Å²) < 4.78 is 5.90. The molecular formula is C33H43N5O6. The lowest BCUT2D eigenvalue weighted by Crippen LogP contribution is -2.52. The van der Waals surface area contributed by atoms with E-state index in [1.165, 1.54) is 4.90 Å². The number of nitrogens with one attached hydrogen (secondary N) is 3. The first kappa shape index (κ1) is 32.5. The number of nitrogens with zero attached hydrogens (tertiary/aromatic N) is 2. The SMILES string of the molecule is CC[C@H](C)[C@@H]1NC(=O)CC[C@@H](C(=O)NCc2cccc(CN3CCCC3=O)c2)NC(=O)c2ccccc2OCCN(C)C1=O. The van der Waals surface area contributed by atoms with E-state index in [2.05, 4.69) is 16.0 Å². The summed E-state index contributed by atoms with van der Waals surface area (Å²) in [6, 6.07) is 12.6. The third-order valence-electron chi connectivity index (χ3n) is 8.27. The Bertz CT molecular complexity index is 1360. The molecule has 11 heteroatoms. The zero-order valence-corrected chi connectivity index (χ0v) is 25.8. The van der Waals surface area contributed by atoms with E-state index in [-0.39, 0.29) is 61.7 Å². The highest BCUT2D eigenvalue weighted by Crippen LogP contribution is 2.20. The van der Waals surface area contributed by atoms with Gasteiger partial charge in [-0.25, -0.2) is 0 Å². The van der Waals surface area contributed by atoms with Crippen molar-refractivity contribution in [2.24, 2.45) is 5.92 Å². The van der Waals surface area contributed by atoms with Crippen LogP contribution in [-0.2, 0) is 32.3 Å². The first-order valence-electron chi connectivity index (χ1n) is 15.4. The van der Waals surface area contributed by atoms with Gasteiger partial charge < -0.3 is 30.5 Å². The van der Waals surface area contributed by atoms with Crippen LogP contribution in [0.15, 0.2) is 48.5 Å². The highest BCUT2D eigenvalue weighted by Gasteiger charge is 2.30. The van der Waals surface area contributed by atoms with Gasteiger partial charge in [-0.05, 0) is 42.0 Å². The van der Waals surface area contributed by atoms with E-state index in [4.69, 9.17) is 4.74 Å². The molecule has 4 rings (SSSR count). The smallest absolute Gasteiger partial charge is 0.255 e. The van der Waals surface area contributed by atoms with Crippen LogP contribution >= 0.6 is 0 Å². The normalized spacial score (nSPS) is 20.9. The van der Waals surface area contributed by atoms with Gasteiger partial charge in [-0.3, -0.25) is 24.0 Å². The molecule has 0 radical (unpaired) electrons. The summed E-state index contributed by atoms with van der Waals surface area (Å²) in [5, 5.41) is 8.55. The fraction of sp³-hybridized carbons (Fsp3) is 0.485. The third-order valence-corrected chi connectivity index (χ3v) is 8.27. The van der Waals surface area contributed by atoms with Crippen LogP contribution in [0.4, 0.5) is 0 Å². The van der Waals surface area contributed by atoms with Gasteiger partial charge in [0.1, 0.15) is 24.4 Å². The molecule has 1 fully saturated rings.